The highest BCUT2D eigenvalue weighted by Crippen LogP contribution is 2.36. The quantitative estimate of drug-likeness (QED) is 0.522. The average molecular weight is 452 g/mol. The third kappa shape index (κ3) is 6.21. The molecule has 3 aromatic rings. The SMILES string of the molecule is CC(=O)C[C@H](O)C[C@H](O)/C=C/n1c(C(C)(C)C)nc(-c2ccc(F)cc2)c1-c1ccncc1. The fraction of sp³-hybridized carbons (Fsp3) is 0.346. The predicted octanol–water partition coefficient (Wildman–Crippen LogP) is 4.61. The highest BCUT2D eigenvalue weighted by atomic mass is 19.1. The summed E-state index contributed by atoms with van der Waals surface area (Å²) in [5.74, 6) is 0.292. The van der Waals surface area contributed by atoms with E-state index in [2.05, 4.69) is 4.98 Å². The standard InChI is InChI=1S/C26H30FN3O3/c1-17(31)15-22(33)16-21(32)11-14-30-24(19-9-12-28-13-10-19)23(29-25(30)26(2,3)4)18-5-7-20(27)8-6-18/h5-14,21-22,32-33H,15-16H2,1-4H3/b14-11+/t21-,22+/m1/s1. The van der Waals surface area contributed by atoms with E-state index in [1.54, 1.807) is 36.8 Å². The summed E-state index contributed by atoms with van der Waals surface area (Å²) in [7, 11) is 0. The van der Waals surface area contributed by atoms with Crippen LogP contribution in [0, 0.1) is 5.82 Å². The van der Waals surface area contributed by atoms with Gasteiger partial charge < -0.3 is 14.8 Å². The van der Waals surface area contributed by atoms with Gasteiger partial charge in [-0.1, -0.05) is 20.8 Å². The van der Waals surface area contributed by atoms with Crippen LogP contribution in [0.15, 0.2) is 54.9 Å². The Morgan fingerprint density at radius 2 is 1.73 bits per heavy atom. The zero-order valence-electron chi connectivity index (χ0n) is 19.4. The zero-order valence-corrected chi connectivity index (χ0v) is 19.4. The minimum Gasteiger partial charge on any atom is -0.393 e. The van der Waals surface area contributed by atoms with Crippen molar-refractivity contribution in [1.29, 1.82) is 0 Å². The second kappa shape index (κ2) is 10.2. The van der Waals surface area contributed by atoms with E-state index in [9.17, 15) is 19.4 Å². The van der Waals surface area contributed by atoms with E-state index in [1.807, 2.05) is 37.5 Å². The lowest BCUT2D eigenvalue weighted by atomic mass is 9.95. The number of hydrogen-bond donors (Lipinski definition) is 2. The number of nitrogens with zero attached hydrogens (tertiary/aromatic N) is 3. The fourth-order valence-electron chi connectivity index (χ4n) is 3.66. The molecule has 6 nitrogen and oxygen atoms in total. The third-order valence-corrected chi connectivity index (χ3v) is 5.15. The number of Topliss-reactive ketones (excluding diaryl/α,β-unsaturated/α-hetero) is 1. The summed E-state index contributed by atoms with van der Waals surface area (Å²) in [5.41, 5.74) is 2.74. The van der Waals surface area contributed by atoms with Gasteiger partial charge in [0.15, 0.2) is 0 Å². The highest BCUT2D eigenvalue weighted by Gasteiger charge is 2.27. The predicted molar refractivity (Wildman–Crippen MR) is 127 cm³/mol. The van der Waals surface area contributed by atoms with Gasteiger partial charge in [-0.2, -0.15) is 0 Å². The van der Waals surface area contributed by atoms with E-state index >= 15 is 0 Å². The Labute approximate surface area is 193 Å². The molecule has 2 aromatic heterocycles. The number of benzene rings is 1. The number of carbonyl (C=O) groups is 1. The van der Waals surface area contributed by atoms with Crippen LogP contribution in [-0.2, 0) is 10.2 Å². The van der Waals surface area contributed by atoms with Crippen molar-refractivity contribution < 1.29 is 19.4 Å². The van der Waals surface area contributed by atoms with Gasteiger partial charge in [-0.3, -0.25) is 9.78 Å². The Morgan fingerprint density at radius 3 is 2.30 bits per heavy atom. The number of halogens is 1. The molecule has 0 fully saturated rings. The number of pyridine rings is 1. The first-order valence-corrected chi connectivity index (χ1v) is 10.9. The lowest BCUT2D eigenvalue weighted by molar-refractivity contribution is -0.119. The third-order valence-electron chi connectivity index (χ3n) is 5.15. The van der Waals surface area contributed by atoms with Gasteiger partial charge in [-0.15, -0.1) is 0 Å². The van der Waals surface area contributed by atoms with Gasteiger partial charge in [0.25, 0.3) is 0 Å². The lowest BCUT2D eigenvalue weighted by Gasteiger charge is -2.19. The van der Waals surface area contributed by atoms with Crippen LogP contribution >= 0.6 is 0 Å². The van der Waals surface area contributed by atoms with Crippen LogP contribution in [0.25, 0.3) is 28.7 Å². The van der Waals surface area contributed by atoms with Crippen LogP contribution in [0.2, 0.25) is 0 Å². The fourth-order valence-corrected chi connectivity index (χ4v) is 3.66. The van der Waals surface area contributed by atoms with Crippen molar-refractivity contribution >= 4 is 12.0 Å². The van der Waals surface area contributed by atoms with E-state index < -0.39 is 12.2 Å². The molecule has 7 heteroatoms. The summed E-state index contributed by atoms with van der Waals surface area (Å²) in [6, 6.07) is 9.92. The van der Waals surface area contributed by atoms with Gasteiger partial charge in [-0.05, 0) is 49.4 Å². The topological polar surface area (TPSA) is 88.2 Å². The minimum atomic E-state index is -0.950. The van der Waals surface area contributed by atoms with Crippen molar-refractivity contribution in [2.24, 2.45) is 0 Å². The Hall–Kier alpha value is -3.16. The average Bonchev–Trinajstić information content (AvgIpc) is 3.13. The van der Waals surface area contributed by atoms with Crippen LogP contribution in [-0.4, -0.2) is 42.7 Å². The number of rotatable bonds is 8. The normalized spacial score (nSPS) is 13.9. The molecular weight excluding hydrogens is 421 g/mol. The summed E-state index contributed by atoms with van der Waals surface area (Å²) in [4.78, 5) is 20.3. The molecule has 0 saturated carbocycles. The number of aromatic nitrogens is 3. The van der Waals surface area contributed by atoms with E-state index in [0.717, 1.165) is 22.6 Å². The largest absolute Gasteiger partial charge is 0.393 e. The van der Waals surface area contributed by atoms with Crippen LogP contribution in [0.3, 0.4) is 0 Å². The van der Waals surface area contributed by atoms with Gasteiger partial charge in [0.05, 0.1) is 23.6 Å². The van der Waals surface area contributed by atoms with Crippen LogP contribution in [0.5, 0.6) is 0 Å². The monoisotopic (exact) mass is 451 g/mol. The van der Waals surface area contributed by atoms with Gasteiger partial charge in [0.2, 0.25) is 0 Å². The minimum absolute atomic E-state index is 0.000195. The highest BCUT2D eigenvalue weighted by molar-refractivity contribution is 5.80. The first-order valence-electron chi connectivity index (χ1n) is 10.9. The number of carbonyl (C=O) groups excluding carboxylic acids is 1. The van der Waals surface area contributed by atoms with Crippen molar-refractivity contribution in [2.45, 2.75) is 58.2 Å². The Kier molecular flexibility index (Phi) is 7.56. The lowest BCUT2D eigenvalue weighted by Crippen LogP contribution is -2.19. The Balaban J connectivity index is 2.12. The Morgan fingerprint density at radius 1 is 1.09 bits per heavy atom. The van der Waals surface area contributed by atoms with E-state index in [0.29, 0.717) is 5.69 Å². The molecule has 0 aliphatic heterocycles. The molecule has 2 atom stereocenters. The molecule has 0 aliphatic carbocycles. The van der Waals surface area contributed by atoms with E-state index in [1.165, 1.54) is 19.1 Å². The summed E-state index contributed by atoms with van der Waals surface area (Å²) >= 11 is 0. The summed E-state index contributed by atoms with van der Waals surface area (Å²) in [5, 5.41) is 20.5. The van der Waals surface area contributed by atoms with Crippen molar-refractivity contribution in [2.75, 3.05) is 0 Å². The molecule has 0 spiro atoms. The molecule has 0 aliphatic rings. The molecule has 0 radical (unpaired) electrons. The molecule has 0 amide bonds. The second-order valence-electron chi connectivity index (χ2n) is 9.20. The molecular formula is C26H30FN3O3. The molecule has 3 rings (SSSR count). The molecule has 2 N–H and O–H groups in total. The molecule has 174 valence electrons. The second-order valence-corrected chi connectivity index (χ2v) is 9.20. The van der Waals surface area contributed by atoms with Crippen molar-refractivity contribution in [3.05, 3.63) is 66.5 Å². The first kappa shape index (κ1) is 24.5. The smallest absolute Gasteiger partial charge is 0.132 e. The summed E-state index contributed by atoms with van der Waals surface area (Å²) in [6.07, 6.45) is 4.88. The van der Waals surface area contributed by atoms with Crippen LogP contribution in [0.1, 0.15) is 46.4 Å². The van der Waals surface area contributed by atoms with Crippen molar-refractivity contribution in [1.82, 2.24) is 14.5 Å². The number of aliphatic hydroxyl groups excluding tert-OH is 2. The van der Waals surface area contributed by atoms with E-state index in [-0.39, 0.29) is 29.9 Å². The Bertz CT molecular complexity index is 1120. The molecule has 1 aromatic carbocycles. The maximum Gasteiger partial charge on any atom is 0.132 e. The number of aliphatic hydroxyl groups is 2. The van der Waals surface area contributed by atoms with E-state index in [4.69, 9.17) is 4.98 Å². The van der Waals surface area contributed by atoms with Crippen LogP contribution in [0.4, 0.5) is 4.39 Å². The van der Waals surface area contributed by atoms with Gasteiger partial charge >= 0.3 is 0 Å². The zero-order chi connectivity index (χ0) is 24.2. The summed E-state index contributed by atoms with van der Waals surface area (Å²) < 4.78 is 15.5. The number of imidazole rings is 1. The van der Waals surface area contributed by atoms with Gasteiger partial charge in [-0.25, -0.2) is 9.37 Å². The maximum atomic E-state index is 13.6. The van der Waals surface area contributed by atoms with Gasteiger partial charge in [0.1, 0.15) is 17.4 Å². The molecule has 33 heavy (non-hydrogen) atoms. The van der Waals surface area contributed by atoms with Crippen molar-refractivity contribution in [3.63, 3.8) is 0 Å². The molecule has 0 unspecified atom stereocenters. The first-order chi connectivity index (χ1) is 15.6. The maximum absolute atomic E-state index is 13.6. The molecule has 0 bridgehead atoms. The molecule has 0 saturated heterocycles. The van der Waals surface area contributed by atoms with Gasteiger partial charge in [0, 0.05) is 48.0 Å². The number of ketones is 1. The molecule has 2 heterocycles. The summed E-state index contributed by atoms with van der Waals surface area (Å²) in [6.45, 7) is 7.52. The number of hydrogen-bond acceptors (Lipinski definition) is 5. The van der Waals surface area contributed by atoms with Crippen molar-refractivity contribution in [3.8, 4) is 22.5 Å². The van der Waals surface area contributed by atoms with Crippen LogP contribution < -0.4 is 0 Å².